The van der Waals surface area contributed by atoms with E-state index >= 15 is 0 Å². The molecule has 4 rings (SSSR count). The molecule has 4 aromatic rings. The van der Waals surface area contributed by atoms with Crippen LogP contribution < -0.4 is 44.7 Å². The summed E-state index contributed by atoms with van der Waals surface area (Å²) in [4.78, 5) is 12.8. The van der Waals surface area contributed by atoms with Gasteiger partial charge in [0.05, 0.1) is 23.0 Å². The van der Waals surface area contributed by atoms with Crippen LogP contribution in [-0.2, 0) is 16.5 Å². The second-order valence-corrected chi connectivity index (χ2v) is 10.5. The quantitative estimate of drug-likeness (QED) is 0.175. The first-order chi connectivity index (χ1) is 18.5. The average Bonchev–Trinajstić information content (AvgIpc) is 2.89. The van der Waals surface area contributed by atoms with Gasteiger partial charge in [0.2, 0.25) is 0 Å². The van der Waals surface area contributed by atoms with Gasteiger partial charge < -0.3 is 15.2 Å². The summed E-state index contributed by atoms with van der Waals surface area (Å²) in [7, 11) is -4.69. The first kappa shape index (κ1) is 31.8. The van der Waals surface area contributed by atoms with Gasteiger partial charge in [0.15, 0.2) is 5.75 Å². The van der Waals surface area contributed by atoms with Gasteiger partial charge in [0, 0.05) is 16.0 Å². The van der Waals surface area contributed by atoms with Crippen molar-refractivity contribution in [3.63, 3.8) is 0 Å². The zero-order valence-electron chi connectivity index (χ0n) is 21.7. The van der Waals surface area contributed by atoms with Crippen molar-refractivity contribution in [3.8, 4) is 11.5 Å². The number of rotatable bonds is 8. The van der Waals surface area contributed by atoms with E-state index in [2.05, 4.69) is 15.5 Å². The number of anilines is 1. The van der Waals surface area contributed by atoms with Crippen LogP contribution in [0.5, 0.6) is 11.5 Å². The number of fused-ring (bicyclic) bond motifs is 1. The van der Waals surface area contributed by atoms with E-state index in [0.717, 1.165) is 0 Å². The third kappa shape index (κ3) is 6.77. The predicted octanol–water partition coefficient (Wildman–Crippen LogP) is 4.10. The van der Waals surface area contributed by atoms with E-state index in [1.165, 1.54) is 18.2 Å². The minimum absolute atomic E-state index is 0. The molecular weight excluding hydrogens is 588 g/mol. The molecule has 0 aliphatic heterocycles. The Bertz CT molecular complexity index is 1730. The van der Waals surface area contributed by atoms with E-state index in [1.54, 1.807) is 56.3 Å². The molecule has 0 bridgehead atoms. The van der Waals surface area contributed by atoms with Crippen molar-refractivity contribution >= 4 is 67.1 Å². The van der Waals surface area contributed by atoms with Crippen molar-refractivity contribution in [2.24, 2.45) is 10.2 Å². The fourth-order valence-corrected chi connectivity index (χ4v) is 5.09. The number of azo groups is 1. The fourth-order valence-electron chi connectivity index (χ4n) is 3.91. The molecule has 0 spiro atoms. The molecule has 0 aliphatic carbocycles. The van der Waals surface area contributed by atoms with Crippen LogP contribution in [0.25, 0.3) is 10.8 Å². The summed E-state index contributed by atoms with van der Waals surface area (Å²) in [5.74, 6) is -1.23. The Morgan fingerprint density at radius 1 is 1.02 bits per heavy atom. The van der Waals surface area contributed by atoms with E-state index in [0.29, 0.717) is 29.4 Å². The molecule has 0 atom stereocenters. The standard InChI is InChI=1S/C27H23Cl2N3O6S.Na/c1-3-15-13-23(39(35,36)37)22(14-20(15)29)31-32-24-17-9-6-5-8-16(17)12-18(25(24)33)27(34)30-21-11-7-10-19(28)26(21)38-4-2;/h5-14,33H,3-4H2,1-2H3,(H,30,34)(H,35,36,37);/q;+1/p-1. The van der Waals surface area contributed by atoms with Crippen LogP contribution in [0.2, 0.25) is 10.0 Å². The Kier molecular flexibility index (Phi) is 10.6. The smallest absolute Gasteiger partial charge is 0.870 e. The Morgan fingerprint density at radius 2 is 1.75 bits per heavy atom. The zero-order valence-corrected chi connectivity index (χ0v) is 26.1. The largest absolute Gasteiger partial charge is 1.00 e. The molecule has 0 heterocycles. The monoisotopic (exact) mass is 609 g/mol. The van der Waals surface area contributed by atoms with Crippen molar-refractivity contribution in [2.75, 3.05) is 11.9 Å². The Labute approximate surface area is 263 Å². The molecule has 4 aromatic carbocycles. The topological polar surface area (TPSA) is 140 Å². The van der Waals surface area contributed by atoms with E-state index in [-0.39, 0.29) is 68.0 Å². The van der Waals surface area contributed by atoms with Crippen LogP contribution in [0.1, 0.15) is 29.8 Å². The van der Waals surface area contributed by atoms with Crippen molar-refractivity contribution in [2.45, 2.75) is 25.2 Å². The van der Waals surface area contributed by atoms with Crippen LogP contribution >= 0.6 is 23.2 Å². The van der Waals surface area contributed by atoms with Gasteiger partial charge in [0.25, 0.3) is 16.0 Å². The molecule has 13 heteroatoms. The van der Waals surface area contributed by atoms with Crippen molar-refractivity contribution in [3.05, 3.63) is 81.8 Å². The summed E-state index contributed by atoms with van der Waals surface area (Å²) >= 11 is 12.4. The summed E-state index contributed by atoms with van der Waals surface area (Å²) in [6.45, 7) is 3.83. The second kappa shape index (κ2) is 13.3. The summed E-state index contributed by atoms with van der Waals surface area (Å²) in [5, 5.41) is 25.5. The first-order valence-corrected chi connectivity index (χ1v) is 13.9. The van der Waals surface area contributed by atoms with Crippen LogP contribution in [0.3, 0.4) is 0 Å². The van der Waals surface area contributed by atoms with Crippen LogP contribution in [0.4, 0.5) is 17.1 Å². The van der Waals surface area contributed by atoms with E-state index in [1.807, 2.05) is 0 Å². The maximum atomic E-state index is 13.5. The number of hydrogen-bond acceptors (Lipinski definition) is 7. The third-order valence-electron chi connectivity index (χ3n) is 5.77. The summed E-state index contributed by atoms with van der Waals surface area (Å²) in [6.07, 6.45) is 0.406. The number of ether oxygens (including phenoxy) is 1. The molecular formula is C27H22Cl2N3NaO6S. The molecule has 1 amide bonds. The Morgan fingerprint density at radius 3 is 2.42 bits per heavy atom. The number of benzene rings is 4. The molecule has 0 saturated carbocycles. The number of carbonyl (C=O) groups excluding carboxylic acids is 1. The molecule has 2 N–H and O–H groups in total. The van der Waals surface area contributed by atoms with Crippen LogP contribution in [0.15, 0.2) is 75.8 Å². The van der Waals surface area contributed by atoms with E-state index < -0.39 is 26.7 Å². The van der Waals surface area contributed by atoms with Gasteiger partial charge in [0.1, 0.15) is 10.6 Å². The molecule has 0 fully saturated rings. The van der Waals surface area contributed by atoms with E-state index in [4.69, 9.17) is 27.9 Å². The molecule has 0 radical (unpaired) electrons. The number of carbonyl (C=O) groups is 1. The maximum Gasteiger partial charge on any atom is 1.00 e. The summed E-state index contributed by atoms with van der Waals surface area (Å²) < 4.78 is 39.3. The minimum Gasteiger partial charge on any atom is -0.870 e. The number of nitrogens with zero attached hydrogens (tertiary/aromatic N) is 2. The maximum absolute atomic E-state index is 13.5. The molecule has 202 valence electrons. The number of amides is 1. The van der Waals surface area contributed by atoms with Crippen molar-refractivity contribution < 1.29 is 57.2 Å². The van der Waals surface area contributed by atoms with Gasteiger partial charge in [-0.05, 0) is 54.6 Å². The molecule has 0 aliphatic rings. The van der Waals surface area contributed by atoms with Crippen molar-refractivity contribution in [1.29, 1.82) is 0 Å². The number of aryl methyl sites for hydroxylation is 1. The SMILES string of the molecule is CCOc1c(Cl)cccc1NC(=O)c1cc2ccccc2c(N=Nc2cc(Cl)c(CC)cc2S(=O)(=O)O)c1[O-].[Na+]. The normalized spacial score (nSPS) is 11.4. The van der Waals surface area contributed by atoms with Gasteiger partial charge in [-0.3, -0.25) is 9.35 Å². The van der Waals surface area contributed by atoms with Crippen LogP contribution in [0, 0.1) is 0 Å². The molecule has 0 saturated heterocycles. The first-order valence-electron chi connectivity index (χ1n) is 11.7. The number of nitrogens with one attached hydrogen (secondary N) is 1. The Balaban J connectivity index is 0.00000441. The third-order valence-corrected chi connectivity index (χ3v) is 7.30. The second-order valence-electron chi connectivity index (χ2n) is 8.27. The van der Waals surface area contributed by atoms with Gasteiger partial charge in [-0.15, -0.1) is 5.11 Å². The average molecular weight is 610 g/mol. The van der Waals surface area contributed by atoms with Gasteiger partial charge in [-0.2, -0.15) is 13.5 Å². The number of para-hydroxylation sites is 1. The molecule has 9 nitrogen and oxygen atoms in total. The number of hydrogen-bond donors (Lipinski definition) is 2. The molecule has 0 unspecified atom stereocenters. The van der Waals surface area contributed by atoms with Gasteiger partial charge >= 0.3 is 29.6 Å². The summed E-state index contributed by atoms with van der Waals surface area (Å²) in [5.41, 5.74) is 0.0435. The predicted molar refractivity (Wildman–Crippen MR) is 149 cm³/mol. The van der Waals surface area contributed by atoms with Gasteiger partial charge in [-0.1, -0.05) is 66.2 Å². The minimum atomic E-state index is -4.69. The molecule has 0 aromatic heterocycles. The molecule has 40 heavy (non-hydrogen) atoms. The van der Waals surface area contributed by atoms with E-state index in [9.17, 15) is 22.9 Å². The Hall–Kier alpha value is -2.70. The summed E-state index contributed by atoms with van der Waals surface area (Å²) in [6, 6.07) is 15.4. The van der Waals surface area contributed by atoms with Crippen molar-refractivity contribution in [1.82, 2.24) is 0 Å². The zero-order chi connectivity index (χ0) is 28.3. The van der Waals surface area contributed by atoms with Crippen LogP contribution in [-0.4, -0.2) is 25.5 Å². The fraction of sp³-hybridized carbons (Fsp3) is 0.148. The van der Waals surface area contributed by atoms with Gasteiger partial charge in [-0.25, -0.2) is 0 Å². The number of halogens is 2.